The van der Waals surface area contributed by atoms with Crippen LogP contribution in [0.1, 0.15) is 16.7 Å². The van der Waals surface area contributed by atoms with E-state index in [1.54, 1.807) is 0 Å². The molecule has 3 rings (SSSR count). The molecule has 0 saturated heterocycles. The summed E-state index contributed by atoms with van der Waals surface area (Å²) in [6.45, 7) is 3.16. The lowest BCUT2D eigenvalue weighted by Gasteiger charge is -2.14. The third kappa shape index (κ3) is 5.15. The van der Waals surface area contributed by atoms with Crippen molar-refractivity contribution in [1.82, 2.24) is 0 Å². The molecule has 0 fully saturated rings. The SMILES string of the molecule is Cc1ccc(NCc2cc(Cl)ccc2OCc2cccc(Cl)c2)cc1. The van der Waals surface area contributed by atoms with E-state index >= 15 is 0 Å². The fraction of sp³-hybridized carbons (Fsp3) is 0.143. The van der Waals surface area contributed by atoms with Gasteiger partial charge in [0.05, 0.1) is 0 Å². The highest BCUT2D eigenvalue weighted by Crippen LogP contribution is 2.25. The summed E-state index contributed by atoms with van der Waals surface area (Å²) in [5, 5.41) is 4.80. The van der Waals surface area contributed by atoms with Crippen molar-refractivity contribution < 1.29 is 4.74 Å². The van der Waals surface area contributed by atoms with E-state index in [0.29, 0.717) is 23.2 Å². The van der Waals surface area contributed by atoms with E-state index in [0.717, 1.165) is 22.6 Å². The van der Waals surface area contributed by atoms with Crippen LogP contribution in [0.3, 0.4) is 0 Å². The first-order chi connectivity index (χ1) is 12.1. The van der Waals surface area contributed by atoms with Crippen LogP contribution in [0, 0.1) is 6.92 Å². The van der Waals surface area contributed by atoms with Gasteiger partial charge in [0.25, 0.3) is 0 Å². The van der Waals surface area contributed by atoms with E-state index in [9.17, 15) is 0 Å². The Hall–Kier alpha value is -2.16. The van der Waals surface area contributed by atoms with Crippen LogP contribution in [-0.2, 0) is 13.2 Å². The van der Waals surface area contributed by atoms with Gasteiger partial charge < -0.3 is 10.1 Å². The molecule has 3 aromatic rings. The second-order valence-electron chi connectivity index (χ2n) is 5.89. The van der Waals surface area contributed by atoms with Gasteiger partial charge in [-0.2, -0.15) is 0 Å². The first kappa shape index (κ1) is 17.7. The molecule has 0 atom stereocenters. The first-order valence-electron chi connectivity index (χ1n) is 8.06. The van der Waals surface area contributed by atoms with Crippen LogP contribution in [0.4, 0.5) is 5.69 Å². The van der Waals surface area contributed by atoms with Crippen molar-refractivity contribution in [2.24, 2.45) is 0 Å². The minimum absolute atomic E-state index is 0.458. The highest BCUT2D eigenvalue weighted by Gasteiger charge is 2.06. The first-order valence-corrected chi connectivity index (χ1v) is 8.82. The molecule has 0 unspecified atom stereocenters. The number of halogens is 2. The molecule has 1 N–H and O–H groups in total. The summed E-state index contributed by atoms with van der Waals surface area (Å²) < 4.78 is 5.98. The lowest BCUT2D eigenvalue weighted by atomic mass is 10.1. The molecule has 128 valence electrons. The van der Waals surface area contributed by atoms with Gasteiger partial charge in [0.1, 0.15) is 12.4 Å². The molecule has 0 amide bonds. The quantitative estimate of drug-likeness (QED) is 0.534. The van der Waals surface area contributed by atoms with Gasteiger partial charge in [-0.3, -0.25) is 0 Å². The number of benzene rings is 3. The van der Waals surface area contributed by atoms with Crippen LogP contribution in [-0.4, -0.2) is 0 Å². The van der Waals surface area contributed by atoms with Gasteiger partial charge in [-0.05, 0) is 55.0 Å². The second kappa shape index (κ2) is 8.28. The summed E-state index contributed by atoms with van der Waals surface area (Å²) in [5.41, 5.74) is 4.33. The van der Waals surface area contributed by atoms with Gasteiger partial charge in [-0.15, -0.1) is 0 Å². The maximum absolute atomic E-state index is 6.16. The Kier molecular flexibility index (Phi) is 5.85. The third-order valence-corrected chi connectivity index (χ3v) is 4.31. The monoisotopic (exact) mass is 371 g/mol. The number of ether oxygens (including phenoxy) is 1. The molecular weight excluding hydrogens is 353 g/mol. The van der Waals surface area contributed by atoms with Gasteiger partial charge in [-0.25, -0.2) is 0 Å². The molecule has 0 aliphatic heterocycles. The topological polar surface area (TPSA) is 21.3 Å². The van der Waals surface area contributed by atoms with Crippen molar-refractivity contribution in [3.63, 3.8) is 0 Å². The van der Waals surface area contributed by atoms with Gasteiger partial charge in [-0.1, -0.05) is 53.0 Å². The van der Waals surface area contributed by atoms with Crippen molar-refractivity contribution in [1.29, 1.82) is 0 Å². The standard InChI is InChI=1S/C21H19Cl2NO/c1-15-5-8-20(9-6-15)24-13-17-12-19(23)7-10-21(17)25-14-16-3-2-4-18(22)11-16/h2-12,24H,13-14H2,1H3. The minimum Gasteiger partial charge on any atom is -0.489 e. The summed E-state index contributed by atoms with van der Waals surface area (Å²) >= 11 is 12.2. The largest absolute Gasteiger partial charge is 0.489 e. The van der Waals surface area contributed by atoms with Gasteiger partial charge >= 0.3 is 0 Å². The zero-order chi connectivity index (χ0) is 17.6. The van der Waals surface area contributed by atoms with Crippen molar-refractivity contribution in [2.45, 2.75) is 20.1 Å². The van der Waals surface area contributed by atoms with Crippen LogP contribution in [0.5, 0.6) is 5.75 Å². The number of nitrogens with one attached hydrogen (secondary N) is 1. The Labute approximate surface area is 158 Å². The van der Waals surface area contributed by atoms with E-state index in [1.807, 2.05) is 42.5 Å². The number of hydrogen-bond donors (Lipinski definition) is 1. The van der Waals surface area contributed by atoms with Crippen molar-refractivity contribution in [2.75, 3.05) is 5.32 Å². The van der Waals surface area contributed by atoms with Gasteiger partial charge in [0, 0.05) is 27.8 Å². The van der Waals surface area contributed by atoms with Crippen molar-refractivity contribution in [3.05, 3.63) is 93.5 Å². The van der Waals surface area contributed by atoms with Crippen molar-refractivity contribution >= 4 is 28.9 Å². The zero-order valence-electron chi connectivity index (χ0n) is 13.9. The molecule has 0 spiro atoms. The molecule has 0 aliphatic carbocycles. The molecule has 0 aliphatic rings. The maximum Gasteiger partial charge on any atom is 0.124 e. The lowest BCUT2D eigenvalue weighted by molar-refractivity contribution is 0.303. The lowest BCUT2D eigenvalue weighted by Crippen LogP contribution is -2.04. The maximum atomic E-state index is 6.16. The Morgan fingerprint density at radius 1 is 0.880 bits per heavy atom. The molecule has 0 bridgehead atoms. The summed E-state index contributed by atoms with van der Waals surface area (Å²) in [5.74, 6) is 0.809. The summed E-state index contributed by atoms with van der Waals surface area (Å²) in [7, 11) is 0. The average molecular weight is 372 g/mol. The third-order valence-electron chi connectivity index (χ3n) is 3.84. The van der Waals surface area contributed by atoms with Crippen LogP contribution >= 0.6 is 23.2 Å². The summed E-state index contributed by atoms with van der Waals surface area (Å²) in [6, 6.07) is 21.6. The Balaban J connectivity index is 1.70. The highest BCUT2D eigenvalue weighted by molar-refractivity contribution is 6.30. The normalized spacial score (nSPS) is 10.5. The molecule has 25 heavy (non-hydrogen) atoms. The van der Waals surface area contributed by atoms with E-state index in [-0.39, 0.29) is 0 Å². The van der Waals surface area contributed by atoms with Crippen LogP contribution in [0.25, 0.3) is 0 Å². The molecule has 0 saturated carbocycles. The molecule has 0 radical (unpaired) electrons. The van der Waals surface area contributed by atoms with Gasteiger partial charge in [0.15, 0.2) is 0 Å². The predicted octanol–water partition coefficient (Wildman–Crippen LogP) is 6.49. The van der Waals surface area contributed by atoms with Crippen LogP contribution in [0.2, 0.25) is 10.0 Å². The van der Waals surface area contributed by atoms with Crippen LogP contribution < -0.4 is 10.1 Å². The Morgan fingerprint density at radius 3 is 2.40 bits per heavy atom. The Bertz CT molecular complexity index is 847. The Morgan fingerprint density at radius 2 is 1.64 bits per heavy atom. The smallest absolute Gasteiger partial charge is 0.124 e. The average Bonchev–Trinajstić information content (AvgIpc) is 2.60. The molecule has 4 heteroatoms. The molecule has 0 heterocycles. The molecule has 3 aromatic carbocycles. The minimum atomic E-state index is 0.458. The predicted molar refractivity (Wildman–Crippen MR) is 106 cm³/mol. The molecule has 0 aromatic heterocycles. The number of hydrogen-bond acceptors (Lipinski definition) is 2. The van der Waals surface area contributed by atoms with E-state index < -0.39 is 0 Å². The van der Waals surface area contributed by atoms with Crippen molar-refractivity contribution in [3.8, 4) is 5.75 Å². The summed E-state index contributed by atoms with van der Waals surface area (Å²) in [6.07, 6.45) is 0. The summed E-state index contributed by atoms with van der Waals surface area (Å²) in [4.78, 5) is 0. The molecular formula is C21H19Cl2NO. The molecule has 2 nitrogen and oxygen atoms in total. The van der Waals surface area contributed by atoms with E-state index in [2.05, 4.69) is 36.5 Å². The van der Waals surface area contributed by atoms with Gasteiger partial charge in [0.2, 0.25) is 0 Å². The van der Waals surface area contributed by atoms with E-state index in [4.69, 9.17) is 27.9 Å². The fourth-order valence-corrected chi connectivity index (χ4v) is 2.89. The number of rotatable bonds is 6. The zero-order valence-corrected chi connectivity index (χ0v) is 15.4. The fourth-order valence-electron chi connectivity index (χ4n) is 2.48. The highest BCUT2D eigenvalue weighted by atomic mass is 35.5. The number of aryl methyl sites for hydroxylation is 1. The number of anilines is 1. The van der Waals surface area contributed by atoms with E-state index in [1.165, 1.54) is 5.56 Å². The van der Waals surface area contributed by atoms with Crippen LogP contribution in [0.15, 0.2) is 66.7 Å². The second-order valence-corrected chi connectivity index (χ2v) is 6.76.